The van der Waals surface area contributed by atoms with Crippen molar-refractivity contribution >= 4 is 28.4 Å². The van der Waals surface area contributed by atoms with Crippen molar-refractivity contribution in [2.24, 2.45) is 5.92 Å². The van der Waals surface area contributed by atoms with Gasteiger partial charge in [-0.05, 0) is 53.4 Å². The maximum Gasteiger partial charge on any atom is 0.321 e. The van der Waals surface area contributed by atoms with Gasteiger partial charge in [0.25, 0.3) is 0 Å². The minimum atomic E-state index is -0.292. The van der Waals surface area contributed by atoms with Crippen LogP contribution >= 0.6 is 0 Å². The summed E-state index contributed by atoms with van der Waals surface area (Å²) in [4.78, 5) is 26.8. The van der Waals surface area contributed by atoms with Crippen molar-refractivity contribution < 1.29 is 14.0 Å². The summed E-state index contributed by atoms with van der Waals surface area (Å²) < 4.78 is 13.0. The summed E-state index contributed by atoms with van der Waals surface area (Å²) in [6.45, 7) is 1.45. The van der Waals surface area contributed by atoms with Gasteiger partial charge >= 0.3 is 6.03 Å². The minimum absolute atomic E-state index is 0.0195. The maximum absolute atomic E-state index is 13.0. The van der Waals surface area contributed by atoms with Gasteiger partial charge in [0.05, 0.1) is 0 Å². The number of anilines is 1. The lowest BCUT2D eigenvalue weighted by Crippen LogP contribution is -2.44. The maximum atomic E-state index is 13.0. The van der Waals surface area contributed by atoms with E-state index in [1.54, 1.807) is 17.0 Å². The standard InChI is InChI=1S/C24H24FN3O2/c25-21-8-5-17(6-9-21)16-26-23(29)19-11-13-28(14-12-19)24(30)27-22-10-7-18-3-1-2-4-20(18)15-22/h1-10,15,19H,11-14,16H2,(H,26,29)(H,27,30). The Morgan fingerprint density at radius 2 is 1.63 bits per heavy atom. The van der Waals surface area contributed by atoms with Crippen LogP contribution in [-0.4, -0.2) is 29.9 Å². The summed E-state index contributed by atoms with van der Waals surface area (Å²) in [6, 6.07) is 19.8. The molecule has 154 valence electrons. The van der Waals surface area contributed by atoms with Gasteiger partial charge in [-0.15, -0.1) is 0 Å². The van der Waals surface area contributed by atoms with Gasteiger partial charge in [0.15, 0.2) is 0 Å². The molecule has 1 aliphatic rings. The summed E-state index contributed by atoms with van der Waals surface area (Å²) in [7, 11) is 0. The third kappa shape index (κ3) is 4.76. The average molecular weight is 405 g/mol. The minimum Gasteiger partial charge on any atom is -0.352 e. The van der Waals surface area contributed by atoms with Gasteiger partial charge in [0.2, 0.25) is 5.91 Å². The topological polar surface area (TPSA) is 61.4 Å². The van der Waals surface area contributed by atoms with Crippen LogP contribution < -0.4 is 10.6 Å². The number of benzene rings is 3. The molecule has 30 heavy (non-hydrogen) atoms. The number of fused-ring (bicyclic) bond motifs is 1. The number of likely N-dealkylation sites (tertiary alicyclic amines) is 1. The fourth-order valence-electron chi connectivity index (χ4n) is 3.75. The third-order valence-electron chi connectivity index (χ3n) is 5.53. The highest BCUT2D eigenvalue weighted by Gasteiger charge is 2.27. The van der Waals surface area contributed by atoms with Crippen molar-refractivity contribution in [3.8, 4) is 0 Å². The molecule has 0 aromatic heterocycles. The molecule has 0 bridgehead atoms. The molecule has 3 amide bonds. The van der Waals surface area contributed by atoms with Crippen molar-refractivity contribution in [1.29, 1.82) is 0 Å². The highest BCUT2D eigenvalue weighted by molar-refractivity contribution is 5.93. The van der Waals surface area contributed by atoms with Crippen LogP contribution in [0.25, 0.3) is 10.8 Å². The van der Waals surface area contributed by atoms with E-state index in [2.05, 4.69) is 10.6 Å². The van der Waals surface area contributed by atoms with E-state index in [9.17, 15) is 14.0 Å². The first-order valence-corrected chi connectivity index (χ1v) is 10.2. The normalized spacial score (nSPS) is 14.5. The van der Waals surface area contributed by atoms with E-state index in [1.165, 1.54) is 12.1 Å². The Morgan fingerprint density at radius 1 is 0.933 bits per heavy atom. The average Bonchev–Trinajstić information content (AvgIpc) is 2.78. The lowest BCUT2D eigenvalue weighted by molar-refractivity contribution is -0.126. The Kier molecular flexibility index (Phi) is 5.93. The molecule has 0 saturated carbocycles. The van der Waals surface area contributed by atoms with Crippen LogP contribution in [-0.2, 0) is 11.3 Å². The molecule has 3 aromatic rings. The zero-order valence-electron chi connectivity index (χ0n) is 16.6. The highest BCUT2D eigenvalue weighted by Crippen LogP contribution is 2.21. The van der Waals surface area contributed by atoms with Crippen LogP contribution in [0.1, 0.15) is 18.4 Å². The van der Waals surface area contributed by atoms with Crippen LogP contribution in [0.3, 0.4) is 0 Å². The predicted molar refractivity (Wildman–Crippen MR) is 116 cm³/mol. The SMILES string of the molecule is O=C(NCc1ccc(F)cc1)C1CCN(C(=O)Nc2ccc3ccccc3c2)CC1. The van der Waals surface area contributed by atoms with Crippen molar-refractivity contribution in [3.63, 3.8) is 0 Å². The number of halogens is 1. The van der Waals surface area contributed by atoms with Gasteiger partial charge in [-0.25, -0.2) is 9.18 Å². The van der Waals surface area contributed by atoms with E-state index >= 15 is 0 Å². The zero-order chi connectivity index (χ0) is 20.9. The van der Waals surface area contributed by atoms with Crippen molar-refractivity contribution in [2.45, 2.75) is 19.4 Å². The van der Waals surface area contributed by atoms with Crippen LogP contribution in [0.4, 0.5) is 14.9 Å². The number of rotatable bonds is 4. The Hall–Kier alpha value is -3.41. The molecule has 0 radical (unpaired) electrons. The first kappa shape index (κ1) is 19.9. The van der Waals surface area contributed by atoms with Crippen molar-refractivity contribution in [1.82, 2.24) is 10.2 Å². The second-order valence-corrected chi connectivity index (χ2v) is 7.60. The summed E-state index contributed by atoms with van der Waals surface area (Å²) in [6.07, 6.45) is 1.25. The van der Waals surface area contributed by atoms with E-state index < -0.39 is 0 Å². The molecule has 0 atom stereocenters. The Bertz CT molecular complexity index is 1040. The van der Waals surface area contributed by atoms with E-state index in [-0.39, 0.29) is 23.7 Å². The van der Waals surface area contributed by atoms with Crippen molar-refractivity contribution in [2.75, 3.05) is 18.4 Å². The number of carbonyl (C=O) groups is 2. The van der Waals surface area contributed by atoms with Gasteiger partial charge in [-0.1, -0.05) is 42.5 Å². The van der Waals surface area contributed by atoms with Crippen LogP contribution in [0.15, 0.2) is 66.7 Å². The van der Waals surface area contributed by atoms with Gasteiger partial charge < -0.3 is 15.5 Å². The number of urea groups is 1. The molecule has 3 aromatic carbocycles. The molecule has 1 aliphatic heterocycles. The van der Waals surface area contributed by atoms with Gasteiger partial charge in [-0.3, -0.25) is 4.79 Å². The molecular weight excluding hydrogens is 381 g/mol. The fourth-order valence-corrected chi connectivity index (χ4v) is 3.75. The van der Waals surface area contributed by atoms with E-state index in [1.807, 2.05) is 42.5 Å². The van der Waals surface area contributed by atoms with Gasteiger partial charge in [0.1, 0.15) is 5.82 Å². The lowest BCUT2D eigenvalue weighted by Gasteiger charge is -2.31. The summed E-state index contributed by atoms with van der Waals surface area (Å²) in [5, 5.41) is 8.07. The van der Waals surface area contributed by atoms with Crippen molar-refractivity contribution in [3.05, 3.63) is 78.1 Å². The van der Waals surface area contributed by atoms with E-state index in [4.69, 9.17) is 0 Å². The molecule has 0 aliphatic carbocycles. The Balaban J connectivity index is 1.26. The van der Waals surface area contributed by atoms with E-state index in [0.717, 1.165) is 22.0 Å². The summed E-state index contributed by atoms with van der Waals surface area (Å²) >= 11 is 0. The van der Waals surface area contributed by atoms with Gasteiger partial charge in [-0.2, -0.15) is 0 Å². The molecule has 5 nitrogen and oxygen atoms in total. The smallest absolute Gasteiger partial charge is 0.321 e. The Labute approximate surface area is 174 Å². The number of amides is 3. The van der Waals surface area contributed by atoms with Crippen LogP contribution in [0.5, 0.6) is 0 Å². The number of nitrogens with zero attached hydrogens (tertiary/aromatic N) is 1. The molecule has 1 heterocycles. The molecule has 4 rings (SSSR count). The highest BCUT2D eigenvalue weighted by atomic mass is 19.1. The fraction of sp³-hybridized carbons (Fsp3) is 0.250. The number of carbonyl (C=O) groups excluding carboxylic acids is 2. The lowest BCUT2D eigenvalue weighted by atomic mass is 9.96. The molecular formula is C24H24FN3O2. The first-order chi connectivity index (χ1) is 14.6. The third-order valence-corrected chi connectivity index (χ3v) is 5.53. The van der Waals surface area contributed by atoms with Crippen LogP contribution in [0, 0.1) is 11.7 Å². The largest absolute Gasteiger partial charge is 0.352 e. The molecule has 6 heteroatoms. The first-order valence-electron chi connectivity index (χ1n) is 10.2. The molecule has 0 unspecified atom stereocenters. The number of hydrogen-bond acceptors (Lipinski definition) is 2. The number of nitrogens with one attached hydrogen (secondary N) is 2. The summed E-state index contributed by atoms with van der Waals surface area (Å²) in [5.41, 5.74) is 1.62. The molecule has 0 spiro atoms. The number of hydrogen-bond donors (Lipinski definition) is 2. The quantitative estimate of drug-likeness (QED) is 0.670. The molecule has 1 fully saturated rings. The molecule has 2 N–H and O–H groups in total. The predicted octanol–water partition coefficient (Wildman–Crippen LogP) is 4.54. The summed E-state index contributed by atoms with van der Waals surface area (Å²) in [5.74, 6) is -0.427. The van der Waals surface area contributed by atoms with Gasteiger partial charge in [0, 0.05) is 31.2 Å². The molecule has 1 saturated heterocycles. The van der Waals surface area contributed by atoms with Crippen LogP contribution in [0.2, 0.25) is 0 Å². The monoisotopic (exact) mass is 405 g/mol. The zero-order valence-corrected chi connectivity index (χ0v) is 16.6. The second-order valence-electron chi connectivity index (χ2n) is 7.60. The number of piperidine rings is 1. The van der Waals surface area contributed by atoms with E-state index in [0.29, 0.717) is 32.5 Å². The second kappa shape index (κ2) is 8.95. The Morgan fingerprint density at radius 3 is 2.37 bits per heavy atom.